The van der Waals surface area contributed by atoms with Gasteiger partial charge in [0.05, 0.1) is 10.7 Å². The quantitative estimate of drug-likeness (QED) is 0.808. The van der Waals surface area contributed by atoms with E-state index in [9.17, 15) is 4.79 Å². The summed E-state index contributed by atoms with van der Waals surface area (Å²) in [6.45, 7) is 3.99. The van der Waals surface area contributed by atoms with Crippen LogP contribution in [0.3, 0.4) is 0 Å². The topological polar surface area (TPSA) is 55.1 Å². The summed E-state index contributed by atoms with van der Waals surface area (Å²) in [4.78, 5) is 10.9. The lowest BCUT2D eigenvalue weighted by molar-refractivity contribution is 0.100. The van der Waals surface area contributed by atoms with Crippen LogP contribution in [0, 0.1) is 0 Å². The van der Waals surface area contributed by atoms with Gasteiger partial charge in [0.25, 0.3) is 0 Å². The molecule has 0 bridgehead atoms. The largest absolute Gasteiger partial charge is 0.382 e. The number of nitrogens with two attached hydrogens (primary N) is 1. The van der Waals surface area contributed by atoms with E-state index in [0.717, 1.165) is 5.69 Å². The Labute approximate surface area is 88.2 Å². The van der Waals surface area contributed by atoms with Crippen molar-refractivity contribution in [2.75, 3.05) is 5.32 Å². The van der Waals surface area contributed by atoms with Crippen LogP contribution in [0.5, 0.6) is 0 Å². The fourth-order valence-electron chi connectivity index (χ4n) is 1.10. The monoisotopic (exact) mass is 212 g/mol. The highest BCUT2D eigenvalue weighted by molar-refractivity contribution is 6.33. The van der Waals surface area contributed by atoms with Crippen LogP contribution in [0.2, 0.25) is 5.02 Å². The third-order valence-corrected chi connectivity index (χ3v) is 2.02. The fourth-order valence-corrected chi connectivity index (χ4v) is 1.27. The molecule has 0 aliphatic carbocycles. The van der Waals surface area contributed by atoms with Crippen LogP contribution in [0.25, 0.3) is 0 Å². The van der Waals surface area contributed by atoms with E-state index in [1.807, 2.05) is 13.8 Å². The van der Waals surface area contributed by atoms with Crippen molar-refractivity contribution in [3.63, 3.8) is 0 Å². The van der Waals surface area contributed by atoms with Gasteiger partial charge in [0.2, 0.25) is 5.91 Å². The van der Waals surface area contributed by atoms with Gasteiger partial charge in [-0.05, 0) is 32.0 Å². The molecule has 14 heavy (non-hydrogen) atoms. The molecule has 4 heteroatoms. The first-order valence-corrected chi connectivity index (χ1v) is 4.74. The fraction of sp³-hybridized carbons (Fsp3) is 0.300. The van der Waals surface area contributed by atoms with Crippen molar-refractivity contribution in [2.45, 2.75) is 19.9 Å². The van der Waals surface area contributed by atoms with Crippen molar-refractivity contribution in [1.82, 2.24) is 0 Å². The van der Waals surface area contributed by atoms with Gasteiger partial charge in [-0.25, -0.2) is 0 Å². The highest BCUT2D eigenvalue weighted by Crippen LogP contribution is 2.23. The van der Waals surface area contributed by atoms with Crippen molar-refractivity contribution < 1.29 is 4.79 Å². The molecule has 1 aromatic carbocycles. The lowest BCUT2D eigenvalue weighted by atomic mass is 10.2. The zero-order valence-corrected chi connectivity index (χ0v) is 8.93. The second kappa shape index (κ2) is 4.33. The number of benzene rings is 1. The molecular formula is C10H13ClN2O. The van der Waals surface area contributed by atoms with Crippen LogP contribution in [0.1, 0.15) is 24.2 Å². The predicted molar refractivity (Wildman–Crippen MR) is 58.7 cm³/mol. The van der Waals surface area contributed by atoms with E-state index < -0.39 is 5.91 Å². The molecule has 1 aromatic rings. The molecular weight excluding hydrogens is 200 g/mol. The van der Waals surface area contributed by atoms with E-state index >= 15 is 0 Å². The minimum atomic E-state index is -0.450. The molecule has 0 aliphatic heterocycles. The maximum Gasteiger partial charge on any atom is 0.248 e. The van der Waals surface area contributed by atoms with Crippen molar-refractivity contribution in [1.29, 1.82) is 0 Å². The minimum Gasteiger partial charge on any atom is -0.382 e. The van der Waals surface area contributed by atoms with Crippen LogP contribution in [-0.4, -0.2) is 11.9 Å². The molecule has 0 fully saturated rings. The first-order valence-electron chi connectivity index (χ1n) is 4.36. The number of halogens is 1. The normalized spacial score (nSPS) is 10.3. The number of anilines is 1. The maximum absolute atomic E-state index is 10.9. The zero-order chi connectivity index (χ0) is 10.7. The smallest absolute Gasteiger partial charge is 0.248 e. The number of hydrogen-bond donors (Lipinski definition) is 2. The minimum absolute atomic E-state index is 0.260. The van der Waals surface area contributed by atoms with Crippen molar-refractivity contribution in [2.24, 2.45) is 5.73 Å². The van der Waals surface area contributed by atoms with E-state index in [0.29, 0.717) is 10.6 Å². The third-order valence-electron chi connectivity index (χ3n) is 1.70. The Balaban J connectivity index is 3.02. The Morgan fingerprint density at radius 3 is 2.64 bits per heavy atom. The number of nitrogens with one attached hydrogen (secondary N) is 1. The molecule has 0 saturated carbocycles. The Morgan fingerprint density at radius 2 is 2.14 bits per heavy atom. The highest BCUT2D eigenvalue weighted by atomic mass is 35.5. The zero-order valence-electron chi connectivity index (χ0n) is 8.17. The van der Waals surface area contributed by atoms with Gasteiger partial charge in [-0.2, -0.15) is 0 Å². The number of primary amides is 1. The Morgan fingerprint density at radius 1 is 1.50 bits per heavy atom. The maximum atomic E-state index is 10.9. The summed E-state index contributed by atoms with van der Waals surface area (Å²) in [5.74, 6) is -0.450. The molecule has 76 valence electrons. The summed E-state index contributed by atoms with van der Waals surface area (Å²) < 4.78 is 0. The van der Waals surface area contributed by atoms with Crippen LogP contribution in [-0.2, 0) is 0 Å². The van der Waals surface area contributed by atoms with Crippen molar-refractivity contribution >= 4 is 23.2 Å². The second-order valence-electron chi connectivity index (χ2n) is 3.36. The lowest BCUT2D eigenvalue weighted by Crippen LogP contribution is -2.14. The number of carbonyl (C=O) groups is 1. The van der Waals surface area contributed by atoms with E-state index in [4.69, 9.17) is 17.3 Å². The molecule has 0 saturated heterocycles. The van der Waals surface area contributed by atoms with Crippen LogP contribution >= 0.6 is 11.6 Å². The average molecular weight is 213 g/mol. The van der Waals surface area contributed by atoms with Gasteiger partial charge in [0, 0.05) is 11.6 Å². The van der Waals surface area contributed by atoms with E-state index in [1.54, 1.807) is 18.2 Å². The van der Waals surface area contributed by atoms with Crippen LogP contribution in [0.4, 0.5) is 5.69 Å². The summed E-state index contributed by atoms with van der Waals surface area (Å²) in [6.07, 6.45) is 0. The van der Waals surface area contributed by atoms with Gasteiger partial charge in [-0.1, -0.05) is 11.6 Å². The SMILES string of the molecule is CC(C)Nc1cc(C(N)=O)ccc1Cl. The van der Waals surface area contributed by atoms with Gasteiger partial charge in [0.15, 0.2) is 0 Å². The molecule has 1 amide bonds. The molecule has 1 rings (SSSR count). The highest BCUT2D eigenvalue weighted by Gasteiger charge is 2.06. The molecule has 0 unspecified atom stereocenters. The third kappa shape index (κ3) is 2.64. The molecule has 0 radical (unpaired) electrons. The van der Waals surface area contributed by atoms with Crippen LogP contribution in [0.15, 0.2) is 18.2 Å². The number of rotatable bonds is 3. The second-order valence-corrected chi connectivity index (χ2v) is 3.77. The number of hydrogen-bond acceptors (Lipinski definition) is 2. The van der Waals surface area contributed by atoms with Gasteiger partial charge in [0.1, 0.15) is 0 Å². The van der Waals surface area contributed by atoms with Gasteiger partial charge >= 0.3 is 0 Å². The summed E-state index contributed by atoms with van der Waals surface area (Å²) in [6, 6.07) is 5.18. The first-order chi connectivity index (χ1) is 6.50. The number of carbonyl (C=O) groups excluding carboxylic acids is 1. The molecule has 0 aromatic heterocycles. The van der Waals surface area contributed by atoms with E-state index in [2.05, 4.69) is 5.32 Å². The summed E-state index contributed by atoms with van der Waals surface area (Å²) in [5.41, 5.74) is 6.34. The molecule has 3 nitrogen and oxygen atoms in total. The first kappa shape index (κ1) is 10.9. The molecule has 0 aliphatic rings. The number of amides is 1. The van der Waals surface area contributed by atoms with Gasteiger partial charge < -0.3 is 11.1 Å². The van der Waals surface area contributed by atoms with Crippen LogP contribution < -0.4 is 11.1 Å². The lowest BCUT2D eigenvalue weighted by Gasteiger charge is -2.12. The Kier molecular flexibility index (Phi) is 3.36. The molecule has 0 spiro atoms. The van der Waals surface area contributed by atoms with Gasteiger partial charge in [-0.3, -0.25) is 4.79 Å². The molecule has 3 N–H and O–H groups in total. The van der Waals surface area contributed by atoms with Gasteiger partial charge in [-0.15, -0.1) is 0 Å². The predicted octanol–water partition coefficient (Wildman–Crippen LogP) is 2.26. The molecule has 0 heterocycles. The average Bonchev–Trinajstić information content (AvgIpc) is 2.07. The molecule has 0 atom stereocenters. The van der Waals surface area contributed by atoms with E-state index in [-0.39, 0.29) is 6.04 Å². The summed E-state index contributed by atoms with van der Waals surface area (Å²) in [5, 5.41) is 3.72. The Bertz CT molecular complexity index is 350. The van der Waals surface area contributed by atoms with Crippen molar-refractivity contribution in [3.8, 4) is 0 Å². The summed E-state index contributed by atoms with van der Waals surface area (Å²) >= 11 is 5.93. The summed E-state index contributed by atoms with van der Waals surface area (Å²) in [7, 11) is 0. The Hall–Kier alpha value is -1.22. The standard InChI is InChI=1S/C10H13ClN2O/c1-6(2)13-9-5-7(10(12)14)3-4-8(9)11/h3-6,13H,1-2H3,(H2,12,14). The van der Waals surface area contributed by atoms with E-state index in [1.165, 1.54) is 0 Å². The van der Waals surface area contributed by atoms with Crippen molar-refractivity contribution in [3.05, 3.63) is 28.8 Å².